The van der Waals surface area contributed by atoms with Crippen molar-refractivity contribution in [3.63, 3.8) is 0 Å². The molecule has 0 saturated heterocycles. The molecule has 5 heteroatoms. The van der Waals surface area contributed by atoms with Crippen molar-refractivity contribution in [3.8, 4) is 0 Å². The van der Waals surface area contributed by atoms with Crippen molar-refractivity contribution in [2.75, 3.05) is 0 Å². The molecule has 1 heterocycles. The molecule has 0 saturated carbocycles. The van der Waals surface area contributed by atoms with Crippen molar-refractivity contribution in [1.82, 2.24) is 0 Å². The van der Waals surface area contributed by atoms with Gasteiger partial charge in [-0.15, -0.1) is 0 Å². The standard InChI is InChI=1S/C16H9BrClNO2/c17-12-7-5-10(6-8-12)15-19-14(16(20)21-15)9-11-3-1-2-4-13(11)18/h1-9H/b14-9-. The van der Waals surface area contributed by atoms with E-state index in [1.807, 2.05) is 42.5 Å². The number of rotatable bonds is 2. The summed E-state index contributed by atoms with van der Waals surface area (Å²) >= 11 is 9.43. The number of aliphatic imine (C=N–C) groups is 1. The number of halogens is 2. The number of benzene rings is 2. The van der Waals surface area contributed by atoms with Gasteiger partial charge in [-0.05, 0) is 42.0 Å². The number of nitrogens with zero attached hydrogens (tertiary/aromatic N) is 1. The van der Waals surface area contributed by atoms with Crippen molar-refractivity contribution in [2.24, 2.45) is 4.99 Å². The Kier molecular flexibility index (Phi) is 3.90. The van der Waals surface area contributed by atoms with Crippen LogP contribution >= 0.6 is 27.5 Å². The summed E-state index contributed by atoms with van der Waals surface area (Å²) in [6, 6.07) is 14.6. The van der Waals surface area contributed by atoms with Crippen LogP contribution in [-0.2, 0) is 9.53 Å². The minimum atomic E-state index is -0.479. The lowest BCUT2D eigenvalue weighted by Crippen LogP contribution is -2.05. The van der Waals surface area contributed by atoms with E-state index in [2.05, 4.69) is 20.9 Å². The number of carbonyl (C=O) groups excluding carboxylic acids is 1. The predicted octanol–water partition coefficient (Wildman–Crippen LogP) is 4.45. The molecule has 0 aliphatic carbocycles. The number of esters is 1. The van der Waals surface area contributed by atoms with E-state index >= 15 is 0 Å². The highest BCUT2D eigenvalue weighted by molar-refractivity contribution is 9.10. The molecule has 0 bridgehead atoms. The van der Waals surface area contributed by atoms with E-state index in [0.717, 1.165) is 15.6 Å². The highest BCUT2D eigenvalue weighted by atomic mass is 79.9. The van der Waals surface area contributed by atoms with Gasteiger partial charge in [0.25, 0.3) is 0 Å². The lowest BCUT2D eigenvalue weighted by atomic mass is 10.2. The van der Waals surface area contributed by atoms with Crippen molar-refractivity contribution < 1.29 is 9.53 Å². The summed E-state index contributed by atoms with van der Waals surface area (Å²) < 4.78 is 6.14. The summed E-state index contributed by atoms with van der Waals surface area (Å²) in [5.41, 5.74) is 1.71. The second-order valence-corrected chi connectivity index (χ2v) is 5.69. The average Bonchev–Trinajstić information content (AvgIpc) is 2.83. The molecular weight excluding hydrogens is 354 g/mol. The number of carbonyl (C=O) groups is 1. The molecule has 0 amide bonds. The summed E-state index contributed by atoms with van der Waals surface area (Å²) in [5.74, 6) is -0.182. The van der Waals surface area contributed by atoms with Gasteiger partial charge in [0.05, 0.1) is 0 Å². The van der Waals surface area contributed by atoms with Crippen molar-refractivity contribution >= 4 is 45.5 Å². The van der Waals surface area contributed by atoms with Crippen LogP contribution in [-0.4, -0.2) is 11.9 Å². The number of hydrogen-bond donors (Lipinski definition) is 0. The van der Waals surface area contributed by atoms with Crippen LogP contribution < -0.4 is 0 Å². The molecule has 0 atom stereocenters. The van der Waals surface area contributed by atoms with E-state index in [1.54, 1.807) is 12.1 Å². The molecule has 0 radical (unpaired) electrons. The molecule has 0 fully saturated rings. The summed E-state index contributed by atoms with van der Waals surface area (Å²) in [4.78, 5) is 16.1. The molecule has 0 unspecified atom stereocenters. The van der Waals surface area contributed by atoms with Gasteiger partial charge in [-0.25, -0.2) is 9.79 Å². The van der Waals surface area contributed by atoms with E-state index in [-0.39, 0.29) is 5.70 Å². The van der Waals surface area contributed by atoms with E-state index in [4.69, 9.17) is 16.3 Å². The molecule has 1 aliphatic rings. The molecule has 104 valence electrons. The van der Waals surface area contributed by atoms with Gasteiger partial charge in [0.2, 0.25) is 5.90 Å². The molecule has 1 aliphatic heterocycles. The first-order valence-corrected chi connectivity index (χ1v) is 7.33. The van der Waals surface area contributed by atoms with Crippen LogP contribution in [0.25, 0.3) is 6.08 Å². The number of ether oxygens (including phenoxy) is 1. The van der Waals surface area contributed by atoms with Gasteiger partial charge in [0.1, 0.15) is 0 Å². The second-order valence-electron chi connectivity index (χ2n) is 4.36. The van der Waals surface area contributed by atoms with Crippen LogP contribution in [0.4, 0.5) is 0 Å². The zero-order valence-corrected chi connectivity index (χ0v) is 13.1. The third kappa shape index (κ3) is 3.06. The molecule has 0 spiro atoms. The van der Waals surface area contributed by atoms with Crippen LogP contribution in [0.1, 0.15) is 11.1 Å². The monoisotopic (exact) mass is 361 g/mol. The average molecular weight is 363 g/mol. The Morgan fingerprint density at radius 1 is 1.10 bits per heavy atom. The highest BCUT2D eigenvalue weighted by Gasteiger charge is 2.24. The minimum Gasteiger partial charge on any atom is -0.402 e. The Labute approximate surface area is 135 Å². The van der Waals surface area contributed by atoms with Crippen LogP contribution in [0, 0.1) is 0 Å². The van der Waals surface area contributed by atoms with Gasteiger partial charge >= 0.3 is 5.97 Å². The first-order chi connectivity index (χ1) is 10.1. The Balaban J connectivity index is 1.96. The fourth-order valence-corrected chi connectivity index (χ4v) is 2.32. The normalized spacial score (nSPS) is 16.0. The van der Waals surface area contributed by atoms with Crippen molar-refractivity contribution in [3.05, 3.63) is 74.9 Å². The first kappa shape index (κ1) is 14.0. The largest absolute Gasteiger partial charge is 0.402 e. The maximum atomic E-state index is 11.9. The lowest BCUT2D eigenvalue weighted by Gasteiger charge is -1.98. The topological polar surface area (TPSA) is 38.7 Å². The molecule has 0 aromatic heterocycles. The summed E-state index contributed by atoms with van der Waals surface area (Å²) in [5, 5.41) is 0.560. The SMILES string of the molecule is O=C1OC(c2ccc(Br)cc2)=N/C1=C\c1ccccc1Cl. The Bertz CT molecular complexity index is 766. The smallest absolute Gasteiger partial charge is 0.363 e. The number of cyclic esters (lactones) is 1. The molecule has 0 N–H and O–H groups in total. The first-order valence-electron chi connectivity index (χ1n) is 6.16. The summed E-state index contributed by atoms with van der Waals surface area (Å²) in [6.07, 6.45) is 1.62. The van der Waals surface area contributed by atoms with E-state index in [9.17, 15) is 4.79 Å². The Morgan fingerprint density at radius 3 is 2.52 bits per heavy atom. The zero-order chi connectivity index (χ0) is 14.8. The van der Waals surface area contributed by atoms with Crippen LogP contribution in [0.5, 0.6) is 0 Å². The van der Waals surface area contributed by atoms with Gasteiger partial charge in [-0.1, -0.05) is 45.7 Å². The fourth-order valence-electron chi connectivity index (χ4n) is 1.86. The summed E-state index contributed by atoms with van der Waals surface area (Å²) in [6.45, 7) is 0. The van der Waals surface area contributed by atoms with Crippen molar-refractivity contribution in [2.45, 2.75) is 0 Å². The van der Waals surface area contributed by atoms with Crippen LogP contribution in [0.15, 0.2) is 63.7 Å². The quantitative estimate of drug-likeness (QED) is 0.585. The Morgan fingerprint density at radius 2 is 1.81 bits per heavy atom. The molecule has 3 nitrogen and oxygen atoms in total. The van der Waals surface area contributed by atoms with Gasteiger partial charge in [-0.3, -0.25) is 0 Å². The minimum absolute atomic E-state index is 0.237. The molecule has 2 aromatic rings. The van der Waals surface area contributed by atoms with Gasteiger partial charge < -0.3 is 4.74 Å². The third-order valence-corrected chi connectivity index (χ3v) is 3.78. The lowest BCUT2D eigenvalue weighted by molar-refractivity contribution is -0.129. The molecule has 3 rings (SSSR count). The van der Waals surface area contributed by atoms with E-state index < -0.39 is 5.97 Å². The fraction of sp³-hybridized carbons (Fsp3) is 0. The van der Waals surface area contributed by atoms with Gasteiger partial charge in [0.15, 0.2) is 5.70 Å². The maximum absolute atomic E-state index is 11.9. The molecule has 21 heavy (non-hydrogen) atoms. The van der Waals surface area contributed by atoms with E-state index in [0.29, 0.717) is 10.9 Å². The van der Waals surface area contributed by atoms with E-state index in [1.165, 1.54) is 0 Å². The van der Waals surface area contributed by atoms with Gasteiger partial charge in [0, 0.05) is 15.1 Å². The second kappa shape index (κ2) is 5.84. The van der Waals surface area contributed by atoms with Crippen LogP contribution in [0.2, 0.25) is 5.02 Å². The molecular formula is C16H9BrClNO2. The predicted molar refractivity (Wildman–Crippen MR) is 86.2 cm³/mol. The highest BCUT2D eigenvalue weighted by Crippen LogP contribution is 2.23. The third-order valence-electron chi connectivity index (χ3n) is 2.91. The Hall–Kier alpha value is -1.91. The maximum Gasteiger partial charge on any atom is 0.363 e. The zero-order valence-electron chi connectivity index (χ0n) is 10.7. The summed E-state index contributed by atoms with van der Waals surface area (Å²) in [7, 11) is 0. The molecule has 2 aromatic carbocycles. The van der Waals surface area contributed by atoms with Crippen LogP contribution in [0.3, 0.4) is 0 Å². The van der Waals surface area contributed by atoms with Crippen molar-refractivity contribution in [1.29, 1.82) is 0 Å². The van der Waals surface area contributed by atoms with Gasteiger partial charge in [-0.2, -0.15) is 0 Å². The number of hydrogen-bond acceptors (Lipinski definition) is 3.